The molecule has 22 rings (SSSR count). The highest BCUT2D eigenvalue weighted by molar-refractivity contribution is 6.18. The molecule has 0 radical (unpaired) electrons. The van der Waals surface area contributed by atoms with E-state index >= 15 is 13.2 Å². The maximum Gasteiger partial charge on any atom is 0.416 e. The van der Waals surface area contributed by atoms with Gasteiger partial charge in [-0.15, -0.1) is 0 Å². The molecule has 4 heterocycles. The smallest absolute Gasteiger partial charge is 0.318 e. The van der Waals surface area contributed by atoms with Crippen LogP contribution < -0.4 is 0 Å². The van der Waals surface area contributed by atoms with E-state index in [2.05, 4.69) is 75.2 Å². The van der Waals surface area contributed by atoms with Crippen molar-refractivity contribution < 1.29 is 26.3 Å². The lowest BCUT2D eigenvalue weighted by molar-refractivity contribution is -0.138. The van der Waals surface area contributed by atoms with Gasteiger partial charge in [-0.25, -0.2) is 38.8 Å². The molecule has 0 aliphatic carbocycles. The first kappa shape index (κ1) is 92.0. The quantitative estimate of drug-likeness (QED) is 0.0861. The summed E-state index contributed by atoms with van der Waals surface area (Å²) in [6.07, 6.45) is -9.52. The SMILES string of the molecule is [C-]#[N+]c1cc(C#N)cc(-c2ccc3c(c2)c2ccccc2n3-c2ccc(C(F)(F)F)cc2-c2cccc([N+]#[C-])c2-n2c3ccccc3c3cc(-c4cc(C#N)cc([N+]#[C-])c4)ccc32)c1.[C-]#[N+]c1ccc(-c2ccc3c(c2)c2cc(-c4ccc(C#N)cc4[N+]#[C-])ccc2n3-c2ccc(C(F)(F)F)cc2-c2cccc([N+]#[C-])c2-n2c3ccc(-c4ccc([N+]#[C-])cc4C#N)cc3c3cc(-c4ccc(C#N)cc4[N+]#[C-])ccc32)c(C#N)c1. The third kappa shape index (κ3) is 15.7. The second-order valence-corrected chi connectivity index (χ2v) is 34.6. The molecule has 22 aromatic rings. The summed E-state index contributed by atoms with van der Waals surface area (Å²) in [6.45, 7) is 63.6. The van der Waals surface area contributed by atoms with Gasteiger partial charge >= 0.3 is 12.4 Å². The molecule has 0 N–H and O–H groups in total. The van der Waals surface area contributed by atoms with Gasteiger partial charge in [-0.2, -0.15) is 57.9 Å². The molecule has 148 heavy (non-hydrogen) atoms. The maximum absolute atomic E-state index is 15.4. The van der Waals surface area contributed by atoms with Crippen molar-refractivity contribution in [2.45, 2.75) is 12.4 Å². The van der Waals surface area contributed by atoms with Gasteiger partial charge in [-0.3, -0.25) is 0 Å². The van der Waals surface area contributed by atoms with Crippen LogP contribution in [-0.2, 0) is 12.4 Å². The van der Waals surface area contributed by atoms with Crippen LogP contribution in [0.15, 0.2) is 340 Å². The normalized spacial score (nSPS) is 11.1. The summed E-state index contributed by atoms with van der Waals surface area (Å²) in [5.74, 6) is 0. The molecule has 24 heteroatoms. The zero-order valence-electron chi connectivity index (χ0n) is 76.6. The fourth-order valence-corrected chi connectivity index (χ4v) is 20.0. The Balaban J connectivity index is 0.000000180. The summed E-state index contributed by atoms with van der Waals surface area (Å²) in [6, 6.07) is 108. The number of para-hydroxylation sites is 4. The molecule has 0 spiro atoms. The number of halogens is 6. The van der Waals surface area contributed by atoms with Crippen molar-refractivity contribution in [1.82, 2.24) is 18.3 Å². The largest absolute Gasteiger partial charge is 0.416 e. The highest BCUT2D eigenvalue weighted by atomic mass is 19.4. The minimum atomic E-state index is -4.83. The minimum Gasteiger partial charge on any atom is -0.318 e. The fraction of sp³-hybridized carbons (Fsp3) is 0.0161. The van der Waals surface area contributed by atoms with Gasteiger partial charge in [0, 0.05) is 87.6 Å². The van der Waals surface area contributed by atoms with Crippen LogP contribution in [-0.4, -0.2) is 18.3 Å². The second-order valence-electron chi connectivity index (χ2n) is 34.6. The van der Waals surface area contributed by atoms with Crippen LogP contribution in [0.2, 0.25) is 0 Å². The van der Waals surface area contributed by atoms with Crippen LogP contribution in [0, 0.1) is 121 Å². The molecule has 0 saturated carbocycles. The Bertz CT molecular complexity index is 10000. The summed E-state index contributed by atoms with van der Waals surface area (Å²) < 4.78 is 98.2. The first-order valence-corrected chi connectivity index (χ1v) is 45.2. The van der Waals surface area contributed by atoms with Gasteiger partial charge in [0.15, 0.2) is 34.1 Å². The van der Waals surface area contributed by atoms with E-state index in [-0.39, 0.29) is 67.6 Å². The molecule has 0 saturated heterocycles. The van der Waals surface area contributed by atoms with Crippen molar-refractivity contribution >= 4 is 133 Å². The Labute approximate surface area is 839 Å². The molecule has 18 aromatic carbocycles. The van der Waals surface area contributed by atoms with Crippen LogP contribution in [0.25, 0.3) is 238 Å². The Morgan fingerprint density at radius 2 is 0.520 bits per heavy atom. The average Bonchev–Trinajstić information content (AvgIpc) is 1.54. The standard InChI is InChI=1S/C70H30F3N11.C54H26F3N7/c1-78-49-16-20-51(46(29-49)38-76)42-11-22-64-56(31-42)57-33-44(53-18-9-40(36-74)27-62(53)81-4)13-23-65(57)83(64)66-26-15-48(70(71,72)73)35-60(66)55-7-6-8-61(80-3)69(55)84-67-24-12-43(52-21-17-50(79-2)30-47(52)39-77)32-58(67)59-34-45(14-25-68(59)84)54-19-10-41(37-75)28-63(54)82-5;1-60-39-23-32(30-58)21-36(25-39)34-15-18-50-44(27-34)41-9-4-6-13-48(41)63(50)51-20-17-38(54(55,56)57)29-46(51)43-11-8-12-47(62-3)53(43)64-49-14-7-5-10-42(49)45-28-35(16-19-52(45)64)37-22-33(31-59)24-40(26-37)61-2/h6-35H;4-29H. The lowest BCUT2D eigenvalue weighted by Gasteiger charge is -2.21. The highest BCUT2D eigenvalue weighted by Crippen LogP contribution is 2.53. The average molecular weight is 1910 g/mol. The summed E-state index contributed by atoms with van der Waals surface area (Å²) in [4.78, 5) is 29.6. The van der Waals surface area contributed by atoms with E-state index in [0.29, 0.717) is 167 Å². The van der Waals surface area contributed by atoms with Gasteiger partial charge in [0.25, 0.3) is 0 Å². The predicted octanol–water partition coefficient (Wildman–Crippen LogP) is 34.8. The predicted molar refractivity (Wildman–Crippen MR) is 562 cm³/mol. The number of aromatic nitrogens is 4. The van der Waals surface area contributed by atoms with Crippen molar-refractivity contribution in [3.8, 4) is 148 Å². The summed E-state index contributed by atoms with van der Waals surface area (Å²) in [5, 5.41) is 65.2. The van der Waals surface area contributed by atoms with Crippen molar-refractivity contribution in [3.63, 3.8) is 0 Å². The zero-order chi connectivity index (χ0) is 103. The number of alkyl halides is 6. The number of rotatable bonds is 12. The van der Waals surface area contributed by atoms with Gasteiger partial charge in [0.05, 0.1) is 167 Å². The van der Waals surface area contributed by atoms with E-state index in [1.165, 1.54) is 48.5 Å². The molecule has 0 atom stereocenters. The van der Waals surface area contributed by atoms with Crippen LogP contribution in [0.3, 0.4) is 0 Å². The van der Waals surface area contributed by atoms with Gasteiger partial charge in [0.1, 0.15) is 0 Å². The molecule has 0 aliphatic heterocycles. The van der Waals surface area contributed by atoms with Crippen molar-refractivity contribution in [2.75, 3.05) is 0 Å². The fourth-order valence-electron chi connectivity index (χ4n) is 20.0. The third-order valence-corrected chi connectivity index (χ3v) is 26.6. The van der Waals surface area contributed by atoms with Gasteiger partial charge in [-0.05, 0) is 272 Å². The van der Waals surface area contributed by atoms with Crippen LogP contribution in [0.5, 0.6) is 0 Å². The lowest BCUT2D eigenvalue weighted by Crippen LogP contribution is -2.08. The first-order chi connectivity index (χ1) is 72.0. The summed E-state index contributed by atoms with van der Waals surface area (Å²) in [7, 11) is 0. The highest BCUT2D eigenvalue weighted by Gasteiger charge is 2.36. The molecule has 0 unspecified atom stereocenters. The van der Waals surface area contributed by atoms with Crippen molar-refractivity contribution in [1.29, 1.82) is 31.6 Å². The summed E-state index contributed by atoms with van der Waals surface area (Å²) >= 11 is 0. The Morgan fingerprint density at radius 1 is 0.203 bits per heavy atom. The molecule has 0 fully saturated rings. The zero-order valence-corrected chi connectivity index (χ0v) is 76.6. The molecular weight excluding hydrogens is 1860 g/mol. The van der Waals surface area contributed by atoms with E-state index in [9.17, 15) is 44.7 Å². The van der Waals surface area contributed by atoms with E-state index in [4.69, 9.17) is 52.6 Å². The van der Waals surface area contributed by atoms with Gasteiger partial charge in [0.2, 0.25) is 11.4 Å². The van der Waals surface area contributed by atoms with Crippen LogP contribution in [0.1, 0.15) is 44.5 Å². The number of nitrogens with zero attached hydrogens (tertiary/aromatic N) is 18. The van der Waals surface area contributed by atoms with Gasteiger partial charge < -0.3 is 18.3 Å². The Hall–Kier alpha value is -22.4. The van der Waals surface area contributed by atoms with E-state index in [1.54, 1.807) is 133 Å². The maximum atomic E-state index is 15.4. The molecule has 18 nitrogen and oxygen atoms in total. The molecule has 0 aliphatic rings. The summed E-state index contributed by atoms with van der Waals surface area (Å²) in [5.41, 5.74) is 16.9. The van der Waals surface area contributed by atoms with E-state index in [1.807, 2.05) is 152 Å². The monoisotopic (exact) mass is 1910 g/mol. The molecule has 684 valence electrons. The van der Waals surface area contributed by atoms with E-state index in [0.717, 1.165) is 68.0 Å². The first-order valence-electron chi connectivity index (χ1n) is 45.2. The van der Waals surface area contributed by atoms with Crippen molar-refractivity contribution in [3.05, 3.63) is 476 Å². The second kappa shape index (κ2) is 36.7. The number of nitriles is 6. The number of hydrogen-bond donors (Lipinski definition) is 0. The number of benzene rings is 18. The molecule has 4 aromatic heterocycles. The number of hydrogen-bond acceptors (Lipinski definition) is 6. The Kier molecular flexibility index (Phi) is 22.8. The third-order valence-electron chi connectivity index (χ3n) is 26.6. The number of fused-ring (bicyclic) bond motifs is 12. The van der Waals surface area contributed by atoms with Crippen LogP contribution in [0.4, 0.5) is 71.8 Å². The topological polar surface area (TPSA) is 197 Å². The van der Waals surface area contributed by atoms with Gasteiger partial charge in [-0.1, -0.05) is 146 Å². The molecule has 0 amide bonds. The van der Waals surface area contributed by atoms with Crippen LogP contribution >= 0.6 is 0 Å². The molecule has 0 bridgehead atoms. The van der Waals surface area contributed by atoms with Crippen molar-refractivity contribution in [2.24, 2.45) is 0 Å². The lowest BCUT2D eigenvalue weighted by atomic mass is 9.96. The Morgan fingerprint density at radius 3 is 0.865 bits per heavy atom. The molecular formula is C124H56F6N18. The van der Waals surface area contributed by atoms with E-state index < -0.39 is 23.5 Å². The minimum absolute atomic E-state index is 0.0961.